The van der Waals surface area contributed by atoms with Gasteiger partial charge in [-0.15, -0.1) is 11.3 Å². The van der Waals surface area contributed by atoms with Gasteiger partial charge < -0.3 is 5.43 Å². The van der Waals surface area contributed by atoms with E-state index in [4.69, 9.17) is 15.8 Å². The zero-order valence-corrected chi connectivity index (χ0v) is 13.1. The molecule has 5 heteroatoms. The number of anilines is 1. The van der Waals surface area contributed by atoms with Crippen LogP contribution in [0.2, 0.25) is 0 Å². The summed E-state index contributed by atoms with van der Waals surface area (Å²) < 4.78 is 0. The van der Waals surface area contributed by atoms with E-state index in [1.807, 2.05) is 11.3 Å². The maximum atomic E-state index is 5.76. The molecule has 2 aromatic rings. The lowest BCUT2D eigenvalue weighted by atomic mass is 9.99. The average molecular weight is 302 g/mol. The van der Waals surface area contributed by atoms with Gasteiger partial charge in [-0.25, -0.2) is 15.8 Å². The van der Waals surface area contributed by atoms with E-state index in [-0.39, 0.29) is 0 Å². The van der Waals surface area contributed by atoms with Gasteiger partial charge in [0.2, 0.25) is 0 Å². The second kappa shape index (κ2) is 5.54. The predicted molar refractivity (Wildman–Crippen MR) is 87.7 cm³/mol. The monoisotopic (exact) mass is 302 g/mol. The van der Waals surface area contributed by atoms with Crippen LogP contribution in [0.15, 0.2) is 0 Å². The molecular formula is C16H22N4S. The summed E-state index contributed by atoms with van der Waals surface area (Å²) >= 11 is 1.85. The molecule has 0 atom stereocenters. The Balaban J connectivity index is 1.80. The Bertz CT molecular complexity index is 656. The van der Waals surface area contributed by atoms with Crippen LogP contribution in [0.5, 0.6) is 0 Å². The average Bonchev–Trinajstić information content (AvgIpc) is 2.96. The number of nitrogens with two attached hydrogens (primary N) is 1. The fraction of sp³-hybridized carbons (Fsp3) is 0.625. The van der Waals surface area contributed by atoms with Gasteiger partial charge in [-0.1, -0.05) is 25.7 Å². The standard InChI is InChI=1S/C16H22N4S/c17-20-15-13-11-8-5-9-12(11)21-16(13)19-14(18-15)10-6-3-1-2-4-7-10/h10H,1-9,17H2,(H,18,19,20). The van der Waals surface area contributed by atoms with Crippen molar-refractivity contribution < 1.29 is 0 Å². The van der Waals surface area contributed by atoms with Crippen molar-refractivity contribution in [3.63, 3.8) is 0 Å². The molecule has 1 saturated carbocycles. The number of aryl methyl sites for hydroxylation is 2. The fourth-order valence-corrected chi connectivity index (χ4v) is 5.11. The zero-order valence-electron chi connectivity index (χ0n) is 12.3. The Kier molecular flexibility index (Phi) is 3.55. The molecule has 0 unspecified atom stereocenters. The number of aromatic nitrogens is 2. The molecule has 0 spiro atoms. The van der Waals surface area contributed by atoms with Gasteiger partial charge in [0.05, 0.1) is 5.39 Å². The molecule has 0 saturated heterocycles. The number of thiophene rings is 1. The second-order valence-electron chi connectivity index (χ2n) is 6.30. The summed E-state index contributed by atoms with van der Waals surface area (Å²) in [4.78, 5) is 12.4. The molecule has 0 amide bonds. The number of hydrazine groups is 1. The first-order chi connectivity index (χ1) is 10.4. The molecule has 21 heavy (non-hydrogen) atoms. The molecule has 4 nitrogen and oxygen atoms in total. The lowest BCUT2D eigenvalue weighted by Gasteiger charge is -2.14. The first-order valence-electron chi connectivity index (χ1n) is 8.15. The minimum Gasteiger partial charge on any atom is -0.308 e. The van der Waals surface area contributed by atoms with Crippen LogP contribution in [0.4, 0.5) is 5.82 Å². The largest absolute Gasteiger partial charge is 0.308 e. The normalized spacial score (nSPS) is 19.7. The van der Waals surface area contributed by atoms with Gasteiger partial charge >= 0.3 is 0 Å². The van der Waals surface area contributed by atoms with Crippen LogP contribution in [-0.2, 0) is 12.8 Å². The summed E-state index contributed by atoms with van der Waals surface area (Å²) in [7, 11) is 0. The molecule has 0 radical (unpaired) electrons. The van der Waals surface area contributed by atoms with E-state index >= 15 is 0 Å². The summed E-state index contributed by atoms with van der Waals surface area (Å²) in [5, 5.41) is 1.19. The maximum absolute atomic E-state index is 5.76. The molecule has 3 N–H and O–H groups in total. The summed E-state index contributed by atoms with van der Waals surface area (Å²) in [5.74, 6) is 8.13. The molecule has 0 aromatic carbocycles. The third kappa shape index (κ3) is 2.32. The lowest BCUT2D eigenvalue weighted by Crippen LogP contribution is -2.13. The van der Waals surface area contributed by atoms with Crippen molar-refractivity contribution >= 4 is 27.4 Å². The molecule has 0 aliphatic heterocycles. The maximum Gasteiger partial charge on any atom is 0.152 e. The predicted octanol–water partition coefficient (Wildman–Crippen LogP) is 3.90. The van der Waals surface area contributed by atoms with Gasteiger partial charge in [-0.3, -0.25) is 0 Å². The van der Waals surface area contributed by atoms with Gasteiger partial charge in [-0.2, -0.15) is 0 Å². The van der Waals surface area contributed by atoms with Crippen LogP contribution in [0.3, 0.4) is 0 Å². The van der Waals surface area contributed by atoms with E-state index < -0.39 is 0 Å². The van der Waals surface area contributed by atoms with E-state index in [9.17, 15) is 0 Å². The first-order valence-corrected chi connectivity index (χ1v) is 8.97. The van der Waals surface area contributed by atoms with Crippen LogP contribution >= 0.6 is 11.3 Å². The first kappa shape index (κ1) is 13.5. The molecule has 1 fully saturated rings. The smallest absolute Gasteiger partial charge is 0.152 e. The molecule has 112 valence electrons. The molecule has 2 aliphatic carbocycles. The van der Waals surface area contributed by atoms with Gasteiger partial charge in [0.15, 0.2) is 5.82 Å². The number of nitrogens with zero attached hydrogens (tertiary/aromatic N) is 2. The second-order valence-corrected chi connectivity index (χ2v) is 7.38. The quantitative estimate of drug-likeness (QED) is 0.501. The van der Waals surface area contributed by atoms with Crippen molar-refractivity contribution in [1.82, 2.24) is 9.97 Å². The van der Waals surface area contributed by atoms with Crippen LogP contribution < -0.4 is 11.3 Å². The van der Waals surface area contributed by atoms with Crippen molar-refractivity contribution in [1.29, 1.82) is 0 Å². The van der Waals surface area contributed by atoms with Gasteiger partial charge in [-0.05, 0) is 37.7 Å². The summed E-state index contributed by atoms with van der Waals surface area (Å²) in [6.45, 7) is 0. The van der Waals surface area contributed by atoms with Gasteiger partial charge in [0, 0.05) is 10.8 Å². The van der Waals surface area contributed by atoms with Gasteiger partial charge in [0.25, 0.3) is 0 Å². The molecule has 0 bridgehead atoms. The van der Waals surface area contributed by atoms with Crippen LogP contribution in [0.25, 0.3) is 10.2 Å². The van der Waals surface area contributed by atoms with E-state index in [0.717, 1.165) is 22.9 Å². The highest BCUT2D eigenvalue weighted by Crippen LogP contribution is 2.40. The van der Waals surface area contributed by atoms with Gasteiger partial charge in [0.1, 0.15) is 10.7 Å². The highest BCUT2D eigenvalue weighted by atomic mass is 32.1. The molecule has 2 aliphatic rings. The summed E-state index contributed by atoms with van der Waals surface area (Å²) in [6.07, 6.45) is 11.4. The van der Waals surface area contributed by atoms with Crippen LogP contribution in [0.1, 0.15) is 67.1 Å². The van der Waals surface area contributed by atoms with Crippen molar-refractivity contribution in [2.75, 3.05) is 5.43 Å². The number of hydrogen-bond donors (Lipinski definition) is 2. The minimum absolute atomic E-state index is 0.515. The SMILES string of the molecule is NNc1nc(C2CCCCCC2)nc2sc3c(c12)CCC3. The highest BCUT2D eigenvalue weighted by Gasteiger charge is 2.24. The number of fused-ring (bicyclic) bond motifs is 3. The van der Waals surface area contributed by atoms with Crippen molar-refractivity contribution in [3.05, 3.63) is 16.3 Å². The number of hydrogen-bond acceptors (Lipinski definition) is 5. The Labute approximate surface area is 129 Å². The van der Waals surface area contributed by atoms with E-state index in [0.29, 0.717) is 5.92 Å². The van der Waals surface area contributed by atoms with Crippen LogP contribution in [-0.4, -0.2) is 9.97 Å². The Morgan fingerprint density at radius 3 is 2.57 bits per heavy atom. The molecule has 2 aromatic heterocycles. The fourth-order valence-electron chi connectivity index (χ4n) is 3.84. The third-order valence-electron chi connectivity index (χ3n) is 4.94. The summed E-state index contributed by atoms with van der Waals surface area (Å²) in [6, 6.07) is 0. The van der Waals surface area contributed by atoms with Crippen molar-refractivity contribution in [3.8, 4) is 0 Å². The molecular weight excluding hydrogens is 280 g/mol. The Hall–Kier alpha value is -1.20. The van der Waals surface area contributed by atoms with E-state index in [2.05, 4.69) is 5.43 Å². The highest BCUT2D eigenvalue weighted by molar-refractivity contribution is 7.19. The minimum atomic E-state index is 0.515. The molecule has 4 rings (SSSR count). The molecule has 2 heterocycles. The summed E-state index contributed by atoms with van der Waals surface area (Å²) in [5.41, 5.74) is 4.28. The van der Waals surface area contributed by atoms with E-state index in [1.165, 1.54) is 67.2 Å². The topological polar surface area (TPSA) is 63.8 Å². The van der Waals surface area contributed by atoms with Crippen molar-refractivity contribution in [2.45, 2.75) is 63.7 Å². The Morgan fingerprint density at radius 2 is 1.81 bits per heavy atom. The number of nitrogen functional groups attached to an aromatic ring is 1. The zero-order chi connectivity index (χ0) is 14.2. The van der Waals surface area contributed by atoms with Crippen LogP contribution in [0, 0.1) is 0 Å². The Morgan fingerprint density at radius 1 is 1.00 bits per heavy atom. The van der Waals surface area contributed by atoms with Crippen molar-refractivity contribution in [2.24, 2.45) is 5.84 Å². The number of rotatable bonds is 2. The van der Waals surface area contributed by atoms with E-state index in [1.54, 1.807) is 0 Å². The lowest BCUT2D eigenvalue weighted by molar-refractivity contribution is 0.563. The third-order valence-corrected chi connectivity index (χ3v) is 6.12. The number of nitrogens with one attached hydrogen (secondary N) is 1.